The highest BCUT2D eigenvalue weighted by Crippen LogP contribution is 2.37. The van der Waals surface area contributed by atoms with Gasteiger partial charge in [-0.1, -0.05) is 12.1 Å². The van der Waals surface area contributed by atoms with Gasteiger partial charge in [0.1, 0.15) is 23.4 Å². The van der Waals surface area contributed by atoms with Gasteiger partial charge in [0.25, 0.3) is 0 Å². The van der Waals surface area contributed by atoms with Crippen LogP contribution in [0.5, 0.6) is 17.2 Å². The smallest absolute Gasteiger partial charge is 0.223 e. The third-order valence-corrected chi connectivity index (χ3v) is 6.56. The number of benzene rings is 2. The second kappa shape index (κ2) is 7.55. The van der Waals surface area contributed by atoms with Crippen molar-refractivity contribution in [3.05, 3.63) is 47.0 Å². The Kier molecular flexibility index (Phi) is 5.08. The molecule has 152 valence electrons. The van der Waals surface area contributed by atoms with Gasteiger partial charge in [-0.2, -0.15) is 0 Å². The zero-order chi connectivity index (χ0) is 20.7. The Bertz CT molecular complexity index is 1050. The molecule has 4 rings (SSSR count). The summed E-state index contributed by atoms with van der Waals surface area (Å²) in [5, 5.41) is 20.4. The zero-order valence-electron chi connectivity index (χ0n) is 16.6. The number of likely N-dealkylation sites (tertiary alicyclic amines) is 1. The number of aromatic nitrogens is 1. The third kappa shape index (κ3) is 3.87. The predicted molar refractivity (Wildman–Crippen MR) is 112 cm³/mol. The fourth-order valence-electron chi connectivity index (χ4n) is 3.87. The molecule has 0 aliphatic carbocycles. The Morgan fingerprint density at radius 2 is 1.90 bits per heavy atom. The molecule has 1 saturated heterocycles. The first-order valence-electron chi connectivity index (χ1n) is 9.67. The van der Waals surface area contributed by atoms with Crippen molar-refractivity contribution >= 4 is 27.5 Å². The Morgan fingerprint density at radius 1 is 1.17 bits per heavy atom. The minimum Gasteiger partial charge on any atom is -0.508 e. The Hall–Kier alpha value is -2.80. The molecule has 0 saturated carbocycles. The Labute approximate surface area is 173 Å². The number of hydrogen-bond donors (Lipinski definition) is 2. The van der Waals surface area contributed by atoms with E-state index in [0.717, 1.165) is 20.8 Å². The van der Waals surface area contributed by atoms with Crippen LogP contribution in [0.2, 0.25) is 0 Å². The van der Waals surface area contributed by atoms with Crippen molar-refractivity contribution < 1.29 is 19.7 Å². The van der Waals surface area contributed by atoms with Crippen LogP contribution in [-0.4, -0.2) is 38.7 Å². The minimum absolute atomic E-state index is 0.0495. The highest BCUT2D eigenvalue weighted by molar-refractivity contribution is 7.18. The van der Waals surface area contributed by atoms with Gasteiger partial charge in [0.05, 0.1) is 21.3 Å². The lowest BCUT2D eigenvalue weighted by molar-refractivity contribution is -0.129. The number of fused-ring (bicyclic) bond motifs is 1. The standard InChI is InChI=1S/C22H24N2O4S/c1-12(15-4-6-17(25)7-5-15)24-11-16(8-21(24)27)13(2)28-20-10-18(26)9-19-22(20)29-14(3)23-19/h4-7,9-10,12-13,16,25-26H,8,11H2,1-3H3/t12-,13-,16-/m1/s1. The van der Waals surface area contributed by atoms with E-state index < -0.39 is 0 Å². The molecule has 3 aromatic rings. The summed E-state index contributed by atoms with van der Waals surface area (Å²) in [4.78, 5) is 19.0. The zero-order valence-corrected chi connectivity index (χ0v) is 17.4. The van der Waals surface area contributed by atoms with Gasteiger partial charge in [-0.15, -0.1) is 11.3 Å². The summed E-state index contributed by atoms with van der Waals surface area (Å²) in [5.41, 5.74) is 1.71. The van der Waals surface area contributed by atoms with Gasteiger partial charge in [0, 0.05) is 31.0 Å². The van der Waals surface area contributed by atoms with Crippen molar-refractivity contribution in [3.63, 3.8) is 0 Å². The van der Waals surface area contributed by atoms with E-state index in [0.29, 0.717) is 18.7 Å². The second-order valence-electron chi connectivity index (χ2n) is 7.63. The van der Waals surface area contributed by atoms with Crippen LogP contribution in [0.25, 0.3) is 10.2 Å². The molecule has 1 aliphatic heterocycles. The maximum atomic E-state index is 12.7. The molecule has 2 aromatic carbocycles. The normalized spacial score (nSPS) is 18.9. The van der Waals surface area contributed by atoms with Gasteiger partial charge in [-0.25, -0.2) is 4.98 Å². The number of aromatic hydroxyl groups is 2. The number of thiazole rings is 1. The molecule has 1 amide bonds. The molecule has 7 heteroatoms. The van der Waals surface area contributed by atoms with Crippen LogP contribution in [0, 0.1) is 12.8 Å². The fourth-order valence-corrected chi connectivity index (χ4v) is 4.72. The van der Waals surface area contributed by atoms with E-state index in [9.17, 15) is 15.0 Å². The predicted octanol–water partition coefficient (Wildman–Crippen LogP) is 4.39. The number of phenols is 2. The van der Waals surface area contributed by atoms with Gasteiger partial charge >= 0.3 is 0 Å². The summed E-state index contributed by atoms with van der Waals surface area (Å²) in [6.45, 7) is 6.49. The number of phenolic OH excluding ortho intramolecular Hbond substituents is 2. The van der Waals surface area contributed by atoms with E-state index in [1.807, 2.05) is 37.8 Å². The molecule has 29 heavy (non-hydrogen) atoms. The van der Waals surface area contributed by atoms with E-state index in [1.54, 1.807) is 24.3 Å². The van der Waals surface area contributed by atoms with Crippen LogP contribution in [-0.2, 0) is 4.79 Å². The largest absolute Gasteiger partial charge is 0.508 e. The minimum atomic E-state index is -0.191. The van der Waals surface area contributed by atoms with E-state index in [1.165, 1.54) is 11.3 Å². The number of nitrogens with zero attached hydrogens (tertiary/aromatic N) is 2. The molecule has 1 aliphatic rings. The van der Waals surface area contributed by atoms with E-state index >= 15 is 0 Å². The molecule has 1 aromatic heterocycles. The molecule has 0 unspecified atom stereocenters. The quantitative estimate of drug-likeness (QED) is 0.649. The lowest BCUT2D eigenvalue weighted by Gasteiger charge is -2.26. The summed E-state index contributed by atoms with van der Waals surface area (Å²) >= 11 is 1.53. The summed E-state index contributed by atoms with van der Waals surface area (Å²) in [6, 6.07) is 10.1. The van der Waals surface area contributed by atoms with Crippen LogP contribution in [0.4, 0.5) is 0 Å². The van der Waals surface area contributed by atoms with Gasteiger partial charge in [0.15, 0.2) is 0 Å². The van der Waals surface area contributed by atoms with Gasteiger partial charge in [-0.05, 0) is 38.5 Å². The molecule has 3 atom stereocenters. The number of carbonyl (C=O) groups is 1. The molecule has 2 N–H and O–H groups in total. The van der Waals surface area contributed by atoms with Crippen LogP contribution in [0.15, 0.2) is 36.4 Å². The SMILES string of the molecule is Cc1nc2cc(O)cc(O[C@H](C)[C@@H]3CC(=O)N([C@H](C)c4ccc(O)cc4)C3)c2s1. The molecule has 0 spiro atoms. The number of rotatable bonds is 5. The van der Waals surface area contributed by atoms with Crippen molar-refractivity contribution in [2.75, 3.05) is 6.54 Å². The van der Waals surface area contributed by atoms with Gasteiger partial charge in [0.2, 0.25) is 5.91 Å². The first-order valence-corrected chi connectivity index (χ1v) is 10.5. The molecule has 2 heterocycles. The van der Waals surface area contributed by atoms with Gasteiger partial charge in [-0.3, -0.25) is 4.79 Å². The van der Waals surface area contributed by atoms with Crippen molar-refractivity contribution in [2.45, 2.75) is 39.3 Å². The highest BCUT2D eigenvalue weighted by Gasteiger charge is 2.37. The molecule has 1 fully saturated rings. The average molecular weight is 413 g/mol. The molecular formula is C22H24N2O4S. The number of aryl methyl sites for hydroxylation is 1. The van der Waals surface area contributed by atoms with Crippen molar-refractivity contribution in [3.8, 4) is 17.2 Å². The number of ether oxygens (including phenoxy) is 1. The number of hydrogen-bond acceptors (Lipinski definition) is 6. The maximum Gasteiger partial charge on any atom is 0.223 e. The molecule has 6 nitrogen and oxygen atoms in total. The first kappa shape index (κ1) is 19.5. The Morgan fingerprint density at radius 3 is 2.62 bits per heavy atom. The van der Waals surface area contributed by atoms with E-state index in [4.69, 9.17) is 4.74 Å². The molecule has 0 bridgehead atoms. The average Bonchev–Trinajstić information content (AvgIpc) is 3.24. The maximum absolute atomic E-state index is 12.7. The lowest BCUT2D eigenvalue weighted by atomic mass is 10.0. The lowest BCUT2D eigenvalue weighted by Crippen LogP contribution is -2.31. The second-order valence-corrected chi connectivity index (χ2v) is 8.83. The molecule has 0 radical (unpaired) electrons. The van der Waals surface area contributed by atoms with Crippen LogP contribution < -0.4 is 4.74 Å². The summed E-state index contributed by atoms with van der Waals surface area (Å²) in [7, 11) is 0. The fraction of sp³-hybridized carbons (Fsp3) is 0.364. The first-order chi connectivity index (χ1) is 13.8. The van der Waals surface area contributed by atoms with Crippen LogP contribution >= 0.6 is 11.3 Å². The van der Waals surface area contributed by atoms with Crippen LogP contribution in [0.3, 0.4) is 0 Å². The van der Waals surface area contributed by atoms with E-state index in [2.05, 4.69) is 4.98 Å². The highest BCUT2D eigenvalue weighted by atomic mass is 32.1. The number of carbonyl (C=O) groups excluding carboxylic acids is 1. The number of amides is 1. The summed E-state index contributed by atoms with van der Waals surface area (Å²) in [6.07, 6.45) is 0.233. The van der Waals surface area contributed by atoms with Crippen molar-refractivity contribution in [1.82, 2.24) is 9.88 Å². The monoisotopic (exact) mass is 412 g/mol. The van der Waals surface area contributed by atoms with Crippen molar-refractivity contribution in [2.24, 2.45) is 5.92 Å². The Balaban J connectivity index is 1.50. The molecular weight excluding hydrogens is 388 g/mol. The van der Waals surface area contributed by atoms with Gasteiger partial charge < -0.3 is 19.8 Å². The van der Waals surface area contributed by atoms with Crippen molar-refractivity contribution in [1.29, 1.82) is 0 Å². The topological polar surface area (TPSA) is 82.9 Å². The third-order valence-electron chi connectivity index (χ3n) is 5.56. The summed E-state index contributed by atoms with van der Waals surface area (Å²) in [5.74, 6) is 1.09. The van der Waals surface area contributed by atoms with E-state index in [-0.39, 0.29) is 35.5 Å². The van der Waals surface area contributed by atoms with Crippen LogP contribution in [0.1, 0.15) is 36.9 Å². The summed E-state index contributed by atoms with van der Waals surface area (Å²) < 4.78 is 7.11.